The van der Waals surface area contributed by atoms with Crippen LogP contribution >= 0.6 is 11.6 Å². The minimum absolute atomic E-state index is 0.0670. The third kappa shape index (κ3) is 4.56. The number of anilines is 2. The topological polar surface area (TPSA) is 96.0 Å². The Hall–Kier alpha value is -3.08. The number of hydrogen-bond acceptors (Lipinski definition) is 6. The zero-order valence-corrected chi connectivity index (χ0v) is 16.2. The van der Waals surface area contributed by atoms with E-state index in [1.807, 2.05) is 4.90 Å². The molecule has 158 valence electrons. The van der Waals surface area contributed by atoms with Gasteiger partial charge in [0.2, 0.25) is 11.2 Å². The minimum Gasteiger partial charge on any atom is -0.406 e. The van der Waals surface area contributed by atoms with Crippen LogP contribution in [0.3, 0.4) is 0 Å². The first kappa shape index (κ1) is 20.2. The third-order valence-electron chi connectivity index (χ3n) is 4.69. The molecule has 0 spiro atoms. The largest absolute Gasteiger partial charge is 0.573 e. The highest BCUT2D eigenvalue weighted by atomic mass is 35.5. The number of hydrogen-bond donors (Lipinski definition) is 2. The van der Waals surface area contributed by atoms with Crippen LogP contribution in [0.5, 0.6) is 5.75 Å². The molecular formula is C18H16ClF3N6O2. The molecule has 0 saturated carbocycles. The van der Waals surface area contributed by atoms with Crippen LogP contribution in [0.15, 0.2) is 30.6 Å². The lowest BCUT2D eigenvalue weighted by Crippen LogP contribution is -2.41. The number of ether oxygens (including phenoxy) is 1. The molecular weight excluding hydrogens is 425 g/mol. The zero-order chi connectivity index (χ0) is 21.3. The molecule has 1 aromatic carbocycles. The van der Waals surface area contributed by atoms with E-state index in [2.05, 4.69) is 30.0 Å². The molecule has 30 heavy (non-hydrogen) atoms. The number of imidazole rings is 1. The quantitative estimate of drug-likeness (QED) is 0.600. The molecule has 0 unspecified atom stereocenters. The Morgan fingerprint density at radius 3 is 2.77 bits per heavy atom. The molecule has 0 bridgehead atoms. The first-order valence-corrected chi connectivity index (χ1v) is 9.44. The number of nitrogens with one attached hydrogen (secondary N) is 2. The van der Waals surface area contributed by atoms with Gasteiger partial charge in [-0.3, -0.25) is 4.79 Å². The van der Waals surface area contributed by atoms with Crippen molar-refractivity contribution < 1.29 is 22.7 Å². The summed E-state index contributed by atoms with van der Waals surface area (Å²) in [6.07, 6.45) is -1.84. The Morgan fingerprint density at radius 2 is 2.03 bits per heavy atom. The highest BCUT2D eigenvalue weighted by molar-refractivity contribution is 6.28. The van der Waals surface area contributed by atoms with Crippen molar-refractivity contribution in [2.24, 2.45) is 5.92 Å². The molecule has 2 N–H and O–H groups in total. The highest BCUT2D eigenvalue weighted by Crippen LogP contribution is 2.29. The Bertz CT molecular complexity index is 1060. The fourth-order valence-corrected chi connectivity index (χ4v) is 3.55. The van der Waals surface area contributed by atoms with Crippen molar-refractivity contribution in [3.05, 3.63) is 35.9 Å². The van der Waals surface area contributed by atoms with Crippen LogP contribution in [0, 0.1) is 5.92 Å². The maximum atomic E-state index is 12.7. The lowest BCUT2D eigenvalue weighted by molar-refractivity contribution is -0.274. The molecule has 8 nitrogen and oxygen atoms in total. The lowest BCUT2D eigenvalue weighted by atomic mass is 9.97. The number of alkyl halides is 3. The molecule has 1 fully saturated rings. The van der Waals surface area contributed by atoms with E-state index in [9.17, 15) is 18.0 Å². The van der Waals surface area contributed by atoms with E-state index >= 15 is 0 Å². The van der Waals surface area contributed by atoms with Gasteiger partial charge in [-0.15, -0.1) is 13.2 Å². The van der Waals surface area contributed by atoms with E-state index in [1.54, 1.807) is 0 Å². The number of aromatic amines is 1. The molecule has 1 atom stereocenters. The summed E-state index contributed by atoms with van der Waals surface area (Å²) in [5.41, 5.74) is 1.46. The van der Waals surface area contributed by atoms with Gasteiger partial charge in [-0.2, -0.15) is 9.97 Å². The van der Waals surface area contributed by atoms with Crippen molar-refractivity contribution >= 4 is 40.2 Å². The van der Waals surface area contributed by atoms with Crippen LogP contribution in [-0.4, -0.2) is 45.3 Å². The van der Waals surface area contributed by atoms with Crippen LogP contribution in [0.2, 0.25) is 5.28 Å². The van der Waals surface area contributed by atoms with Crippen LogP contribution in [0.1, 0.15) is 12.8 Å². The molecule has 2 aromatic heterocycles. The molecule has 1 aliphatic heterocycles. The second-order valence-corrected chi connectivity index (χ2v) is 7.10. The molecule has 1 amide bonds. The number of aromatic nitrogens is 4. The molecule has 12 heteroatoms. The van der Waals surface area contributed by atoms with Gasteiger partial charge < -0.3 is 19.9 Å². The monoisotopic (exact) mass is 440 g/mol. The van der Waals surface area contributed by atoms with Crippen molar-refractivity contribution in [3.8, 4) is 5.75 Å². The Kier molecular flexibility index (Phi) is 5.37. The summed E-state index contributed by atoms with van der Waals surface area (Å²) in [6, 6.07) is 5.01. The molecule has 0 aliphatic carbocycles. The van der Waals surface area contributed by atoms with Crippen LogP contribution in [0.4, 0.5) is 24.7 Å². The molecule has 1 aliphatic rings. The van der Waals surface area contributed by atoms with Gasteiger partial charge in [-0.1, -0.05) is 0 Å². The Morgan fingerprint density at radius 1 is 1.27 bits per heavy atom. The number of nitrogens with zero attached hydrogens (tertiary/aromatic N) is 4. The first-order valence-electron chi connectivity index (χ1n) is 9.07. The van der Waals surface area contributed by atoms with Gasteiger partial charge in [-0.05, 0) is 48.7 Å². The first-order chi connectivity index (χ1) is 14.3. The number of H-pyrrole nitrogens is 1. The number of fused-ring (bicyclic) bond motifs is 1. The lowest BCUT2D eigenvalue weighted by Gasteiger charge is -2.33. The van der Waals surface area contributed by atoms with E-state index in [1.165, 1.54) is 18.5 Å². The summed E-state index contributed by atoms with van der Waals surface area (Å²) in [5.74, 6) is -0.344. The minimum atomic E-state index is -4.76. The van der Waals surface area contributed by atoms with Gasteiger partial charge in [0.05, 0.1) is 12.2 Å². The summed E-state index contributed by atoms with van der Waals surface area (Å²) in [6.45, 7) is 1.09. The summed E-state index contributed by atoms with van der Waals surface area (Å²) < 4.78 is 40.6. The van der Waals surface area contributed by atoms with Crippen molar-refractivity contribution in [1.82, 2.24) is 19.9 Å². The fourth-order valence-electron chi connectivity index (χ4n) is 3.39. The number of rotatable bonds is 4. The molecule has 1 saturated heterocycles. The van der Waals surface area contributed by atoms with Crippen LogP contribution in [-0.2, 0) is 4.79 Å². The summed E-state index contributed by atoms with van der Waals surface area (Å²) in [5, 5.41) is 2.80. The number of piperidine rings is 1. The van der Waals surface area contributed by atoms with Crippen molar-refractivity contribution in [2.45, 2.75) is 19.2 Å². The van der Waals surface area contributed by atoms with Crippen molar-refractivity contribution in [2.75, 3.05) is 23.3 Å². The highest BCUT2D eigenvalue weighted by Gasteiger charge is 2.31. The fraction of sp³-hybridized carbons (Fsp3) is 0.333. The molecule has 3 heterocycles. The average Bonchev–Trinajstić information content (AvgIpc) is 3.16. The SMILES string of the molecule is O=C(Nc1ccc(OC(F)(F)F)cc1)[C@@H]1CCCN(c2nc(Cl)nc3nc[nH]c23)C1. The van der Waals surface area contributed by atoms with E-state index < -0.39 is 6.36 Å². The van der Waals surface area contributed by atoms with Gasteiger partial charge in [0.1, 0.15) is 11.3 Å². The predicted molar refractivity (Wildman–Crippen MR) is 103 cm³/mol. The van der Waals surface area contributed by atoms with Crippen LogP contribution in [0.25, 0.3) is 11.2 Å². The molecule has 3 aromatic rings. The van der Waals surface area contributed by atoms with E-state index in [4.69, 9.17) is 11.6 Å². The number of carbonyl (C=O) groups is 1. The summed E-state index contributed by atoms with van der Waals surface area (Å²) in [4.78, 5) is 30.1. The molecule has 4 rings (SSSR count). The van der Waals surface area contributed by atoms with Crippen molar-refractivity contribution in [3.63, 3.8) is 0 Å². The molecule has 0 radical (unpaired) electrons. The van der Waals surface area contributed by atoms with Gasteiger partial charge in [0, 0.05) is 18.8 Å². The van der Waals surface area contributed by atoms with Gasteiger partial charge in [0.15, 0.2) is 11.5 Å². The van der Waals surface area contributed by atoms with Crippen molar-refractivity contribution in [1.29, 1.82) is 0 Å². The Labute approximate surface area is 173 Å². The number of amides is 1. The van der Waals surface area contributed by atoms with Gasteiger partial charge >= 0.3 is 6.36 Å². The maximum Gasteiger partial charge on any atom is 0.573 e. The predicted octanol–water partition coefficient (Wildman–Crippen LogP) is 3.76. The summed E-state index contributed by atoms with van der Waals surface area (Å²) >= 11 is 6.00. The maximum absolute atomic E-state index is 12.7. The smallest absolute Gasteiger partial charge is 0.406 e. The number of halogens is 4. The number of benzene rings is 1. The number of carbonyl (C=O) groups excluding carboxylic acids is 1. The van der Waals surface area contributed by atoms with E-state index in [0.29, 0.717) is 42.2 Å². The summed E-state index contributed by atoms with van der Waals surface area (Å²) in [7, 11) is 0. The zero-order valence-electron chi connectivity index (χ0n) is 15.4. The second-order valence-electron chi connectivity index (χ2n) is 6.76. The van der Waals surface area contributed by atoms with E-state index in [-0.39, 0.29) is 22.9 Å². The Balaban J connectivity index is 1.44. The van der Waals surface area contributed by atoms with Crippen LogP contribution < -0.4 is 15.0 Å². The van der Waals surface area contributed by atoms with Gasteiger partial charge in [-0.25, -0.2) is 4.98 Å². The second kappa shape index (κ2) is 7.98. The standard InChI is InChI=1S/C18H16ClF3N6O2/c19-17-26-14-13(23-9-24-14)15(27-17)28-7-1-2-10(8-28)16(29)25-11-3-5-12(6-4-11)30-18(20,21)22/h3-6,9-10H,1-2,7-8H2,(H,25,29)(H,23,24,26,27)/t10-/m1/s1. The van der Waals surface area contributed by atoms with Gasteiger partial charge in [0.25, 0.3) is 0 Å². The van der Waals surface area contributed by atoms with E-state index in [0.717, 1.165) is 18.6 Å². The third-order valence-corrected chi connectivity index (χ3v) is 4.86. The normalized spacial score (nSPS) is 17.2. The average molecular weight is 441 g/mol.